The van der Waals surface area contributed by atoms with E-state index in [0.29, 0.717) is 11.7 Å². The van der Waals surface area contributed by atoms with E-state index in [1.165, 1.54) is 23.9 Å². The first kappa shape index (κ1) is 23.6. The summed E-state index contributed by atoms with van der Waals surface area (Å²) >= 11 is 1.38. The van der Waals surface area contributed by atoms with Gasteiger partial charge in [-0.3, -0.25) is 9.36 Å². The lowest BCUT2D eigenvalue weighted by Gasteiger charge is -2.19. The molecule has 35 heavy (non-hydrogen) atoms. The predicted octanol–water partition coefficient (Wildman–Crippen LogP) is 5.10. The van der Waals surface area contributed by atoms with Crippen molar-refractivity contribution in [2.45, 2.75) is 55.8 Å². The Hall–Kier alpha value is -3.17. The average Bonchev–Trinajstić information content (AvgIpc) is 3.60. The van der Waals surface area contributed by atoms with Gasteiger partial charge in [0.1, 0.15) is 5.82 Å². The van der Waals surface area contributed by atoms with Gasteiger partial charge in [0.15, 0.2) is 11.0 Å². The molecule has 1 saturated heterocycles. The van der Waals surface area contributed by atoms with Crippen LogP contribution in [0.3, 0.4) is 0 Å². The fourth-order valence-electron chi connectivity index (χ4n) is 4.37. The Morgan fingerprint density at radius 2 is 2.03 bits per heavy atom. The van der Waals surface area contributed by atoms with E-state index in [9.17, 15) is 9.18 Å². The molecule has 1 aliphatic rings. The molecule has 3 atom stereocenters. The number of halogens is 1. The summed E-state index contributed by atoms with van der Waals surface area (Å²) in [4.78, 5) is 16.3. The SMILES string of the molecule is CC(Sc1nnc(-c2c[nH]c3ccccc23)n1CC1CCCO1)C(=O)NC(C)c1ccc(F)cc1. The smallest absolute Gasteiger partial charge is 0.233 e. The number of thioether (sulfide) groups is 1. The van der Waals surface area contributed by atoms with Gasteiger partial charge in [0.2, 0.25) is 5.91 Å². The monoisotopic (exact) mass is 493 g/mol. The molecular formula is C26H28FN5O2S. The third-order valence-corrected chi connectivity index (χ3v) is 7.42. The minimum Gasteiger partial charge on any atom is -0.376 e. The maximum Gasteiger partial charge on any atom is 0.233 e. The zero-order valence-corrected chi connectivity index (χ0v) is 20.5. The van der Waals surface area contributed by atoms with E-state index >= 15 is 0 Å². The quantitative estimate of drug-likeness (QED) is 0.334. The van der Waals surface area contributed by atoms with Crippen molar-refractivity contribution in [3.05, 3.63) is 66.1 Å². The number of hydrogen-bond donors (Lipinski definition) is 2. The summed E-state index contributed by atoms with van der Waals surface area (Å²) < 4.78 is 21.2. The zero-order valence-electron chi connectivity index (χ0n) is 19.7. The maximum atomic E-state index is 13.2. The molecule has 2 aromatic carbocycles. The minimum atomic E-state index is -0.402. The van der Waals surface area contributed by atoms with Crippen LogP contribution in [0, 0.1) is 5.82 Å². The van der Waals surface area contributed by atoms with E-state index in [-0.39, 0.29) is 23.9 Å². The molecule has 0 saturated carbocycles. The van der Waals surface area contributed by atoms with Gasteiger partial charge in [-0.1, -0.05) is 42.1 Å². The molecule has 3 heterocycles. The highest BCUT2D eigenvalue weighted by molar-refractivity contribution is 8.00. The molecule has 1 fully saturated rings. The first-order valence-electron chi connectivity index (χ1n) is 11.8. The number of para-hydroxylation sites is 1. The summed E-state index contributed by atoms with van der Waals surface area (Å²) in [6.45, 7) is 5.13. The Balaban J connectivity index is 1.37. The van der Waals surface area contributed by atoms with Crippen LogP contribution in [0.2, 0.25) is 0 Å². The molecule has 1 aliphatic heterocycles. The molecule has 3 unspecified atom stereocenters. The Kier molecular flexibility index (Phi) is 6.88. The number of H-pyrrole nitrogens is 1. The van der Waals surface area contributed by atoms with Crippen LogP contribution in [0.25, 0.3) is 22.3 Å². The normalized spacial score (nSPS) is 17.5. The lowest BCUT2D eigenvalue weighted by atomic mass is 10.1. The summed E-state index contributed by atoms with van der Waals surface area (Å²) in [6, 6.07) is 14.0. The third-order valence-electron chi connectivity index (χ3n) is 6.34. The molecule has 0 aliphatic carbocycles. The van der Waals surface area contributed by atoms with E-state index in [4.69, 9.17) is 4.74 Å². The van der Waals surface area contributed by atoms with Crippen LogP contribution in [0.15, 0.2) is 59.9 Å². The molecule has 9 heteroatoms. The molecule has 2 N–H and O–H groups in total. The lowest BCUT2D eigenvalue weighted by Crippen LogP contribution is -2.33. The van der Waals surface area contributed by atoms with Gasteiger partial charge in [-0.05, 0) is 50.5 Å². The number of ether oxygens (including phenoxy) is 1. The van der Waals surface area contributed by atoms with Crippen molar-refractivity contribution in [2.24, 2.45) is 0 Å². The Bertz CT molecular complexity index is 1310. The first-order valence-corrected chi connectivity index (χ1v) is 12.7. The van der Waals surface area contributed by atoms with Crippen molar-refractivity contribution in [2.75, 3.05) is 6.61 Å². The second-order valence-corrected chi connectivity index (χ2v) is 10.1. The molecule has 0 radical (unpaired) electrons. The van der Waals surface area contributed by atoms with Gasteiger partial charge in [0.05, 0.1) is 23.9 Å². The predicted molar refractivity (Wildman–Crippen MR) is 135 cm³/mol. The van der Waals surface area contributed by atoms with Crippen molar-refractivity contribution in [3.8, 4) is 11.4 Å². The summed E-state index contributed by atoms with van der Waals surface area (Å²) in [5.41, 5.74) is 2.85. The Morgan fingerprint density at radius 3 is 2.80 bits per heavy atom. The second kappa shape index (κ2) is 10.2. The van der Waals surface area contributed by atoms with Gasteiger partial charge >= 0.3 is 0 Å². The van der Waals surface area contributed by atoms with E-state index < -0.39 is 5.25 Å². The van der Waals surface area contributed by atoms with Crippen LogP contribution in [-0.4, -0.2) is 43.6 Å². The van der Waals surface area contributed by atoms with E-state index in [0.717, 1.165) is 47.3 Å². The van der Waals surface area contributed by atoms with Crippen molar-refractivity contribution < 1.29 is 13.9 Å². The van der Waals surface area contributed by atoms with Gasteiger partial charge in [0, 0.05) is 29.3 Å². The van der Waals surface area contributed by atoms with Crippen LogP contribution in [-0.2, 0) is 16.1 Å². The number of nitrogens with zero attached hydrogens (tertiary/aromatic N) is 3. The van der Waals surface area contributed by atoms with Crippen LogP contribution in [0.1, 0.15) is 38.3 Å². The number of fused-ring (bicyclic) bond motifs is 1. The summed E-state index contributed by atoms with van der Waals surface area (Å²) in [5.74, 6) is 0.340. The number of amides is 1. The molecule has 0 bridgehead atoms. The number of carbonyl (C=O) groups excluding carboxylic acids is 1. The number of rotatable bonds is 8. The number of aromatic nitrogens is 4. The van der Waals surface area contributed by atoms with Crippen LogP contribution < -0.4 is 5.32 Å². The number of hydrogen-bond acceptors (Lipinski definition) is 5. The van der Waals surface area contributed by atoms with Gasteiger partial charge < -0.3 is 15.0 Å². The third kappa shape index (κ3) is 5.11. The van der Waals surface area contributed by atoms with Gasteiger partial charge in [0.25, 0.3) is 0 Å². The van der Waals surface area contributed by atoms with E-state index in [1.54, 1.807) is 12.1 Å². The van der Waals surface area contributed by atoms with Crippen molar-refractivity contribution in [1.29, 1.82) is 0 Å². The average molecular weight is 494 g/mol. The molecule has 0 spiro atoms. The second-order valence-electron chi connectivity index (χ2n) is 8.84. The number of benzene rings is 2. The molecule has 7 nitrogen and oxygen atoms in total. The number of carbonyl (C=O) groups is 1. The highest BCUT2D eigenvalue weighted by atomic mass is 32.2. The topological polar surface area (TPSA) is 84.8 Å². The Labute approximate surface area is 207 Å². The number of nitrogens with one attached hydrogen (secondary N) is 2. The van der Waals surface area contributed by atoms with Crippen LogP contribution in [0.5, 0.6) is 0 Å². The van der Waals surface area contributed by atoms with Crippen LogP contribution >= 0.6 is 11.8 Å². The molecule has 182 valence electrons. The molecule has 2 aromatic heterocycles. The Morgan fingerprint density at radius 1 is 1.23 bits per heavy atom. The van der Waals surface area contributed by atoms with Crippen molar-refractivity contribution in [1.82, 2.24) is 25.1 Å². The largest absolute Gasteiger partial charge is 0.376 e. The number of aromatic amines is 1. The van der Waals surface area contributed by atoms with Gasteiger partial charge in [-0.15, -0.1) is 10.2 Å². The van der Waals surface area contributed by atoms with Crippen molar-refractivity contribution >= 4 is 28.6 Å². The fourth-order valence-corrected chi connectivity index (χ4v) is 5.23. The van der Waals surface area contributed by atoms with Crippen LogP contribution in [0.4, 0.5) is 4.39 Å². The first-order chi connectivity index (χ1) is 17.0. The fraction of sp³-hybridized carbons (Fsp3) is 0.346. The van der Waals surface area contributed by atoms with Crippen molar-refractivity contribution in [3.63, 3.8) is 0 Å². The molecule has 5 rings (SSSR count). The molecule has 1 amide bonds. The van der Waals surface area contributed by atoms with E-state index in [1.807, 2.05) is 38.2 Å². The summed E-state index contributed by atoms with van der Waals surface area (Å²) in [6.07, 6.45) is 4.07. The lowest BCUT2D eigenvalue weighted by molar-refractivity contribution is -0.120. The van der Waals surface area contributed by atoms with Gasteiger partial charge in [-0.25, -0.2) is 4.39 Å². The summed E-state index contributed by atoms with van der Waals surface area (Å²) in [5, 5.41) is 13.4. The molecular weight excluding hydrogens is 465 g/mol. The maximum absolute atomic E-state index is 13.2. The zero-order chi connectivity index (χ0) is 24.4. The standard InChI is InChI=1S/C26H28FN5O2S/c1-16(18-9-11-19(27)12-10-18)29-25(33)17(2)35-26-31-30-24(32(26)15-20-6-5-13-34-20)22-14-28-23-8-4-3-7-21(22)23/h3-4,7-12,14,16-17,20,28H,5-6,13,15H2,1-2H3,(H,29,33). The highest BCUT2D eigenvalue weighted by Crippen LogP contribution is 2.32. The summed E-state index contributed by atoms with van der Waals surface area (Å²) in [7, 11) is 0. The molecule has 4 aromatic rings. The van der Waals surface area contributed by atoms with Gasteiger partial charge in [-0.2, -0.15) is 0 Å². The van der Waals surface area contributed by atoms with E-state index in [2.05, 4.69) is 31.1 Å². The minimum absolute atomic E-state index is 0.0944. The highest BCUT2D eigenvalue weighted by Gasteiger charge is 2.26.